The van der Waals surface area contributed by atoms with E-state index in [2.05, 4.69) is 32.7 Å². The lowest BCUT2D eigenvalue weighted by molar-refractivity contribution is 0.317. The molecular weight excluding hydrogens is 326 g/mol. The molecule has 102 valence electrons. The van der Waals surface area contributed by atoms with Gasteiger partial charge in [-0.15, -0.1) is 11.3 Å². The van der Waals surface area contributed by atoms with Crippen LogP contribution < -0.4 is 10.1 Å². The fourth-order valence-electron chi connectivity index (χ4n) is 1.72. The zero-order chi connectivity index (χ0) is 13.7. The molecule has 1 aromatic carbocycles. The van der Waals surface area contributed by atoms with Crippen LogP contribution in [0.4, 0.5) is 0 Å². The molecule has 0 fully saturated rings. The van der Waals surface area contributed by atoms with Crippen molar-refractivity contribution < 1.29 is 9.84 Å². The predicted molar refractivity (Wildman–Crippen MR) is 81.8 cm³/mol. The Morgan fingerprint density at radius 3 is 2.84 bits per heavy atom. The van der Waals surface area contributed by atoms with Gasteiger partial charge < -0.3 is 15.2 Å². The largest absolute Gasteiger partial charge is 0.504 e. The van der Waals surface area contributed by atoms with Crippen molar-refractivity contribution in [3.8, 4) is 11.5 Å². The molecule has 3 nitrogen and oxygen atoms in total. The minimum Gasteiger partial charge on any atom is -0.504 e. The van der Waals surface area contributed by atoms with Crippen molar-refractivity contribution in [1.82, 2.24) is 5.32 Å². The van der Waals surface area contributed by atoms with Crippen molar-refractivity contribution in [3.63, 3.8) is 0 Å². The highest BCUT2D eigenvalue weighted by Gasteiger charge is 2.03. The van der Waals surface area contributed by atoms with Gasteiger partial charge in [-0.2, -0.15) is 0 Å². The summed E-state index contributed by atoms with van der Waals surface area (Å²) < 4.78 is 6.49. The maximum atomic E-state index is 9.62. The van der Waals surface area contributed by atoms with E-state index in [1.807, 2.05) is 19.1 Å². The summed E-state index contributed by atoms with van der Waals surface area (Å²) in [7, 11) is 0. The number of aromatic hydroxyl groups is 1. The van der Waals surface area contributed by atoms with E-state index in [1.54, 1.807) is 17.4 Å². The molecule has 5 heteroatoms. The van der Waals surface area contributed by atoms with Crippen LogP contribution in [0.25, 0.3) is 0 Å². The zero-order valence-corrected chi connectivity index (χ0v) is 13.1. The molecule has 2 rings (SSSR count). The first-order valence-corrected chi connectivity index (χ1v) is 7.74. The first-order valence-electron chi connectivity index (χ1n) is 6.07. The number of hydrogen-bond donors (Lipinski definition) is 2. The second kappa shape index (κ2) is 6.93. The number of benzene rings is 1. The second-order valence-electron chi connectivity index (χ2n) is 4.07. The van der Waals surface area contributed by atoms with Crippen LogP contribution in [0, 0.1) is 0 Å². The molecule has 1 heterocycles. The SMILES string of the molecule is CCOc1cc(CNCc2cc(Br)cs2)ccc1O. The van der Waals surface area contributed by atoms with Gasteiger partial charge in [0.15, 0.2) is 11.5 Å². The van der Waals surface area contributed by atoms with Crippen molar-refractivity contribution in [2.24, 2.45) is 0 Å². The average Bonchev–Trinajstić information content (AvgIpc) is 2.79. The molecule has 0 aliphatic heterocycles. The third-order valence-corrected chi connectivity index (χ3v) is 4.27. The van der Waals surface area contributed by atoms with Crippen LogP contribution in [0.3, 0.4) is 0 Å². The molecule has 0 aliphatic rings. The Morgan fingerprint density at radius 2 is 2.16 bits per heavy atom. The molecule has 0 saturated carbocycles. The van der Waals surface area contributed by atoms with E-state index < -0.39 is 0 Å². The highest BCUT2D eigenvalue weighted by Crippen LogP contribution is 2.26. The smallest absolute Gasteiger partial charge is 0.161 e. The van der Waals surface area contributed by atoms with E-state index in [-0.39, 0.29) is 5.75 Å². The number of nitrogens with one attached hydrogen (secondary N) is 1. The first kappa shape index (κ1) is 14.4. The summed E-state index contributed by atoms with van der Waals surface area (Å²) in [6.07, 6.45) is 0. The van der Waals surface area contributed by atoms with Crippen LogP contribution in [0.1, 0.15) is 17.4 Å². The number of ether oxygens (including phenoxy) is 1. The summed E-state index contributed by atoms with van der Waals surface area (Å²) in [5, 5.41) is 15.1. The molecule has 0 saturated heterocycles. The lowest BCUT2D eigenvalue weighted by Gasteiger charge is -2.09. The molecule has 0 atom stereocenters. The minimum atomic E-state index is 0.188. The van der Waals surface area contributed by atoms with E-state index in [0.29, 0.717) is 12.4 Å². The van der Waals surface area contributed by atoms with E-state index in [1.165, 1.54) is 4.88 Å². The lowest BCUT2D eigenvalue weighted by Crippen LogP contribution is -2.11. The molecule has 0 spiro atoms. The number of phenols is 1. The van der Waals surface area contributed by atoms with E-state index >= 15 is 0 Å². The summed E-state index contributed by atoms with van der Waals surface area (Å²) in [5.41, 5.74) is 1.09. The summed E-state index contributed by atoms with van der Waals surface area (Å²) in [6.45, 7) is 4.03. The highest BCUT2D eigenvalue weighted by molar-refractivity contribution is 9.10. The van der Waals surface area contributed by atoms with Gasteiger partial charge in [0.2, 0.25) is 0 Å². The van der Waals surface area contributed by atoms with Gasteiger partial charge in [0, 0.05) is 27.8 Å². The quantitative estimate of drug-likeness (QED) is 0.836. The summed E-state index contributed by atoms with van der Waals surface area (Å²) in [6, 6.07) is 7.55. The zero-order valence-electron chi connectivity index (χ0n) is 10.6. The van der Waals surface area contributed by atoms with Crippen molar-refractivity contribution >= 4 is 27.3 Å². The molecule has 1 aromatic heterocycles. The van der Waals surface area contributed by atoms with E-state index in [4.69, 9.17) is 4.74 Å². The lowest BCUT2D eigenvalue weighted by atomic mass is 10.2. The van der Waals surface area contributed by atoms with Gasteiger partial charge in [0.1, 0.15) is 0 Å². The first-order chi connectivity index (χ1) is 9.19. The van der Waals surface area contributed by atoms with E-state index in [9.17, 15) is 5.11 Å². The van der Waals surface area contributed by atoms with Gasteiger partial charge >= 0.3 is 0 Å². The molecule has 0 radical (unpaired) electrons. The van der Waals surface area contributed by atoms with Crippen LogP contribution >= 0.6 is 27.3 Å². The molecule has 2 aromatic rings. The van der Waals surface area contributed by atoms with Crippen molar-refractivity contribution in [1.29, 1.82) is 0 Å². The molecule has 0 bridgehead atoms. The van der Waals surface area contributed by atoms with Gasteiger partial charge in [-0.25, -0.2) is 0 Å². The molecule has 0 amide bonds. The van der Waals surface area contributed by atoms with Gasteiger partial charge in [-0.1, -0.05) is 6.07 Å². The average molecular weight is 342 g/mol. The van der Waals surface area contributed by atoms with Crippen LogP contribution in [0.5, 0.6) is 11.5 Å². The maximum absolute atomic E-state index is 9.62. The number of thiophene rings is 1. The van der Waals surface area contributed by atoms with Crippen molar-refractivity contribution in [2.45, 2.75) is 20.0 Å². The fraction of sp³-hybridized carbons (Fsp3) is 0.286. The topological polar surface area (TPSA) is 41.5 Å². The van der Waals surface area contributed by atoms with Gasteiger partial charge in [0.05, 0.1) is 6.61 Å². The summed E-state index contributed by atoms with van der Waals surface area (Å²) >= 11 is 5.17. The Labute approximate surface area is 125 Å². The third kappa shape index (κ3) is 4.23. The number of rotatable bonds is 6. The van der Waals surface area contributed by atoms with Gasteiger partial charge in [-0.3, -0.25) is 0 Å². The van der Waals surface area contributed by atoms with Crippen LogP contribution in [0.15, 0.2) is 34.1 Å². The molecular formula is C14H16BrNO2S. The monoisotopic (exact) mass is 341 g/mol. The predicted octanol–water partition coefficient (Wildman–Crippen LogP) is 3.90. The maximum Gasteiger partial charge on any atom is 0.161 e. The van der Waals surface area contributed by atoms with Crippen LogP contribution in [-0.2, 0) is 13.1 Å². The molecule has 2 N–H and O–H groups in total. The van der Waals surface area contributed by atoms with E-state index in [0.717, 1.165) is 23.1 Å². The number of hydrogen-bond acceptors (Lipinski definition) is 4. The minimum absolute atomic E-state index is 0.188. The number of halogens is 1. The Balaban J connectivity index is 1.90. The second-order valence-corrected chi connectivity index (χ2v) is 5.98. The van der Waals surface area contributed by atoms with Crippen molar-refractivity contribution in [3.05, 3.63) is 44.6 Å². The summed E-state index contributed by atoms with van der Waals surface area (Å²) in [4.78, 5) is 1.29. The fourth-order valence-corrected chi connectivity index (χ4v) is 3.14. The highest BCUT2D eigenvalue weighted by atomic mass is 79.9. The Morgan fingerprint density at radius 1 is 1.32 bits per heavy atom. The molecule has 0 unspecified atom stereocenters. The normalized spacial score (nSPS) is 10.6. The van der Waals surface area contributed by atoms with Crippen LogP contribution in [0.2, 0.25) is 0 Å². The number of phenolic OH excluding ortho intramolecular Hbond substituents is 1. The Hall–Kier alpha value is -1.04. The third-order valence-electron chi connectivity index (χ3n) is 2.57. The molecule has 0 aliphatic carbocycles. The van der Waals surface area contributed by atoms with Crippen LogP contribution in [-0.4, -0.2) is 11.7 Å². The Bertz CT molecular complexity index is 542. The van der Waals surface area contributed by atoms with Gasteiger partial charge in [0.25, 0.3) is 0 Å². The molecule has 19 heavy (non-hydrogen) atoms. The standard InChI is InChI=1S/C14H16BrNO2S/c1-2-18-14-5-10(3-4-13(14)17)7-16-8-12-6-11(15)9-19-12/h3-6,9,16-17H,2,7-8H2,1H3. The van der Waals surface area contributed by atoms with Crippen molar-refractivity contribution in [2.75, 3.05) is 6.61 Å². The van der Waals surface area contributed by atoms with Gasteiger partial charge in [-0.05, 0) is 46.6 Å². The Kier molecular flexibility index (Phi) is 5.24. The summed E-state index contributed by atoms with van der Waals surface area (Å²) in [5.74, 6) is 0.730.